The lowest BCUT2D eigenvalue weighted by atomic mass is 9.97. The van der Waals surface area contributed by atoms with E-state index in [-0.39, 0.29) is 22.6 Å². The van der Waals surface area contributed by atoms with Crippen LogP contribution in [-0.4, -0.2) is 77.9 Å². The van der Waals surface area contributed by atoms with E-state index >= 15 is 4.39 Å². The number of anilines is 2. The van der Waals surface area contributed by atoms with Crippen LogP contribution in [0.4, 0.5) is 20.2 Å². The molecule has 2 aliphatic rings. The topological polar surface area (TPSA) is 116 Å². The number of fused-ring (bicyclic) bond motifs is 4. The summed E-state index contributed by atoms with van der Waals surface area (Å²) in [5.74, 6) is -3.24. The molecule has 0 radical (unpaired) electrons. The number of aromatic nitrogens is 3. The number of likely N-dealkylation sites (N-methyl/N-ethyl adjacent to an activating group) is 1. The zero-order chi connectivity index (χ0) is 29.2. The van der Waals surface area contributed by atoms with E-state index in [1.54, 1.807) is 32.6 Å². The molecular formula is C29H29F2N7O3. The molecule has 1 aliphatic heterocycles. The van der Waals surface area contributed by atoms with Gasteiger partial charge in [-0.1, -0.05) is 0 Å². The monoisotopic (exact) mass is 561 g/mol. The summed E-state index contributed by atoms with van der Waals surface area (Å²) in [6.07, 6.45) is 5.66. The smallest absolute Gasteiger partial charge is 0.341 e. The summed E-state index contributed by atoms with van der Waals surface area (Å²) in [5, 5.41) is 12.7. The third-order valence-corrected chi connectivity index (χ3v) is 8.16. The molecule has 0 bridgehead atoms. The minimum atomic E-state index is -1.35. The number of halogens is 2. The molecule has 3 aromatic heterocycles. The highest BCUT2D eigenvalue weighted by atomic mass is 19.2. The van der Waals surface area contributed by atoms with Crippen molar-refractivity contribution in [3.8, 4) is 22.3 Å². The van der Waals surface area contributed by atoms with Crippen molar-refractivity contribution in [2.45, 2.75) is 18.9 Å². The average Bonchev–Trinajstić information content (AvgIpc) is 3.60. The lowest BCUT2D eigenvalue weighted by Gasteiger charge is -2.27. The highest BCUT2D eigenvalue weighted by molar-refractivity contribution is 5.98. The maximum absolute atomic E-state index is 15.6. The Morgan fingerprint density at radius 1 is 1.15 bits per heavy atom. The molecule has 0 spiro atoms. The zero-order valence-electron chi connectivity index (χ0n) is 23.0. The van der Waals surface area contributed by atoms with Crippen LogP contribution in [0.1, 0.15) is 28.0 Å². The predicted octanol–water partition coefficient (Wildman–Crippen LogP) is 3.36. The summed E-state index contributed by atoms with van der Waals surface area (Å²) < 4.78 is 31.8. The van der Waals surface area contributed by atoms with Crippen LogP contribution < -0.4 is 21.1 Å². The van der Waals surface area contributed by atoms with E-state index in [1.807, 2.05) is 14.1 Å². The maximum atomic E-state index is 15.6. The van der Waals surface area contributed by atoms with Gasteiger partial charge in [-0.05, 0) is 32.1 Å². The van der Waals surface area contributed by atoms with Crippen LogP contribution in [0.15, 0.2) is 35.5 Å². The van der Waals surface area contributed by atoms with Gasteiger partial charge in [0.1, 0.15) is 5.56 Å². The number of hydrogen-bond donors (Lipinski definition) is 3. The van der Waals surface area contributed by atoms with Gasteiger partial charge in [-0.25, -0.2) is 23.2 Å². The molecule has 0 amide bonds. The first-order valence-electron chi connectivity index (χ1n) is 13.2. The first-order valence-corrected chi connectivity index (χ1v) is 13.2. The second-order valence-corrected chi connectivity index (χ2v) is 10.6. The number of nitrogens with one attached hydrogen (secondary N) is 2. The van der Waals surface area contributed by atoms with E-state index in [4.69, 9.17) is 4.98 Å². The van der Waals surface area contributed by atoms with Crippen LogP contribution in [0, 0.1) is 11.6 Å². The fraction of sp³-hybridized carbons (Fsp3) is 0.310. The van der Waals surface area contributed by atoms with Crippen LogP contribution in [0.25, 0.3) is 33.3 Å². The van der Waals surface area contributed by atoms with Crippen LogP contribution >= 0.6 is 0 Å². The fourth-order valence-corrected chi connectivity index (χ4v) is 6.02. The number of benzene rings is 1. The Bertz CT molecular complexity index is 1800. The second kappa shape index (κ2) is 9.81. The SMILES string of the molecule is CNc1cc(F)c(F)c2c1Cc1ncc(-c3cnc4c(c3)c(=O)c(C(=O)O)cn4NC)c(N3CC[C@@H](N(C)C)C3)c1-2. The van der Waals surface area contributed by atoms with Gasteiger partial charge in [-0.2, -0.15) is 0 Å². The summed E-state index contributed by atoms with van der Waals surface area (Å²) in [5.41, 5.74) is 6.28. The molecule has 12 heteroatoms. The molecule has 1 aliphatic carbocycles. The molecule has 0 saturated carbocycles. The number of carboxylic acids is 1. The standard InChI is InChI=1S/C29H29F2N7O3/c1-32-21-9-20(30)25(31)23-16(21)8-22-24(23)26(37-6-5-15(12-37)36(3)4)18(11-34-22)14-7-17-27(39)19(29(40)41)13-38(33-2)28(17)35-10-14/h7,9-11,13,15,32-33H,5-6,8,12H2,1-4H3,(H,40,41)/t15-/m1/s1. The van der Waals surface area contributed by atoms with E-state index < -0.39 is 28.6 Å². The van der Waals surface area contributed by atoms with E-state index in [1.165, 1.54) is 16.9 Å². The molecule has 4 aromatic rings. The highest BCUT2D eigenvalue weighted by Crippen LogP contribution is 2.50. The Morgan fingerprint density at radius 3 is 2.59 bits per heavy atom. The minimum absolute atomic E-state index is 0.103. The van der Waals surface area contributed by atoms with Gasteiger partial charge in [0, 0.05) is 92.2 Å². The van der Waals surface area contributed by atoms with Gasteiger partial charge in [-0.15, -0.1) is 0 Å². The van der Waals surface area contributed by atoms with E-state index in [2.05, 4.69) is 25.5 Å². The van der Waals surface area contributed by atoms with Crippen molar-refractivity contribution in [2.75, 3.05) is 56.9 Å². The molecule has 1 saturated heterocycles. The molecule has 0 unspecified atom stereocenters. The Morgan fingerprint density at radius 2 is 1.93 bits per heavy atom. The number of nitrogens with zero attached hydrogens (tertiary/aromatic N) is 5. The quantitative estimate of drug-likeness (QED) is 0.287. The number of rotatable bonds is 6. The van der Waals surface area contributed by atoms with E-state index in [0.717, 1.165) is 6.42 Å². The normalized spacial score (nSPS) is 15.9. The molecule has 212 valence electrons. The zero-order valence-corrected chi connectivity index (χ0v) is 23.0. The van der Waals surface area contributed by atoms with Crippen molar-refractivity contribution in [1.82, 2.24) is 19.5 Å². The number of aromatic carboxylic acids is 1. The van der Waals surface area contributed by atoms with Crippen molar-refractivity contribution >= 4 is 28.4 Å². The lowest BCUT2D eigenvalue weighted by Crippen LogP contribution is -2.31. The first kappa shape index (κ1) is 26.6. The third kappa shape index (κ3) is 4.08. The van der Waals surface area contributed by atoms with Crippen molar-refractivity contribution < 1.29 is 18.7 Å². The van der Waals surface area contributed by atoms with Gasteiger partial charge in [0.05, 0.1) is 16.8 Å². The van der Waals surface area contributed by atoms with Crippen LogP contribution in [0.3, 0.4) is 0 Å². The number of hydrogen-bond acceptors (Lipinski definition) is 8. The van der Waals surface area contributed by atoms with Crippen LogP contribution in [-0.2, 0) is 6.42 Å². The van der Waals surface area contributed by atoms with Crippen molar-refractivity contribution in [2.24, 2.45) is 0 Å². The van der Waals surface area contributed by atoms with Crippen molar-refractivity contribution in [3.05, 3.63) is 69.4 Å². The molecule has 4 heterocycles. The Labute approximate surface area is 234 Å². The number of carboxylic acid groups (broad SMARTS) is 1. The summed E-state index contributed by atoms with van der Waals surface area (Å²) in [7, 11) is 7.28. The van der Waals surface area contributed by atoms with Crippen molar-refractivity contribution in [1.29, 1.82) is 0 Å². The molecule has 6 rings (SSSR count). The molecule has 1 atom stereocenters. The summed E-state index contributed by atoms with van der Waals surface area (Å²) >= 11 is 0. The first-order chi connectivity index (χ1) is 19.6. The minimum Gasteiger partial charge on any atom is -0.477 e. The number of pyridine rings is 3. The van der Waals surface area contributed by atoms with E-state index in [0.29, 0.717) is 58.8 Å². The van der Waals surface area contributed by atoms with Gasteiger partial charge in [0.15, 0.2) is 17.3 Å². The molecule has 41 heavy (non-hydrogen) atoms. The van der Waals surface area contributed by atoms with Crippen LogP contribution in [0.2, 0.25) is 0 Å². The maximum Gasteiger partial charge on any atom is 0.341 e. The Kier molecular flexibility index (Phi) is 6.37. The highest BCUT2D eigenvalue weighted by Gasteiger charge is 2.36. The molecule has 10 nitrogen and oxygen atoms in total. The van der Waals surface area contributed by atoms with E-state index in [9.17, 15) is 19.1 Å². The lowest BCUT2D eigenvalue weighted by molar-refractivity contribution is 0.0695. The molecule has 1 aromatic carbocycles. The fourth-order valence-electron chi connectivity index (χ4n) is 6.02. The molecule has 1 fully saturated rings. The third-order valence-electron chi connectivity index (χ3n) is 8.16. The second-order valence-electron chi connectivity index (χ2n) is 10.6. The van der Waals surface area contributed by atoms with Gasteiger partial charge in [-0.3, -0.25) is 9.78 Å². The summed E-state index contributed by atoms with van der Waals surface area (Å²) in [6, 6.07) is 3.00. The van der Waals surface area contributed by atoms with Gasteiger partial charge < -0.3 is 25.6 Å². The molecule has 3 N–H and O–H groups in total. The van der Waals surface area contributed by atoms with Gasteiger partial charge in [0.25, 0.3) is 0 Å². The largest absolute Gasteiger partial charge is 0.477 e. The Hall–Kier alpha value is -4.58. The van der Waals surface area contributed by atoms with Crippen LogP contribution in [0.5, 0.6) is 0 Å². The predicted molar refractivity (Wildman–Crippen MR) is 153 cm³/mol. The molecular weight excluding hydrogens is 532 g/mol. The van der Waals surface area contributed by atoms with Crippen molar-refractivity contribution in [3.63, 3.8) is 0 Å². The average molecular weight is 562 g/mol. The number of carbonyl (C=O) groups is 1. The van der Waals surface area contributed by atoms with Gasteiger partial charge >= 0.3 is 5.97 Å². The summed E-state index contributed by atoms with van der Waals surface area (Å²) in [4.78, 5) is 38.5. The van der Waals surface area contributed by atoms with Gasteiger partial charge in [0.2, 0.25) is 5.43 Å². The summed E-state index contributed by atoms with van der Waals surface area (Å²) in [6.45, 7) is 1.33. The Balaban J connectivity index is 1.64.